The number of nitrogens with one attached hydrogen (secondary N) is 2. The van der Waals surface area contributed by atoms with Crippen molar-refractivity contribution in [1.82, 2.24) is 15.3 Å². The van der Waals surface area contributed by atoms with Crippen LogP contribution in [0.15, 0.2) is 54.7 Å². The molecule has 0 radical (unpaired) electrons. The normalized spacial score (nSPS) is 14.8. The van der Waals surface area contributed by atoms with Gasteiger partial charge in [0.15, 0.2) is 0 Å². The Labute approximate surface area is 141 Å². The second-order valence-corrected chi connectivity index (χ2v) is 5.97. The molecule has 2 aromatic carbocycles. The summed E-state index contributed by atoms with van der Waals surface area (Å²) in [6, 6.07) is 16.8. The summed E-state index contributed by atoms with van der Waals surface area (Å²) in [5, 5.41) is 9.34. The van der Waals surface area contributed by atoms with E-state index in [1.807, 2.05) is 12.3 Å². The topological polar surface area (TPSA) is 53.1 Å². The lowest BCUT2D eigenvalue weighted by molar-refractivity contribution is 0.580. The minimum Gasteiger partial charge on any atom is -0.366 e. The molecule has 0 bridgehead atoms. The molecule has 1 fully saturated rings. The van der Waals surface area contributed by atoms with Crippen molar-refractivity contribution in [3.63, 3.8) is 0 Å². The highest BCUT2D eigenvalue weighted by atomic mass is 15.3. The fraction of sp³-hybridized carbons (Fsp3) is 0.263. The number of hydrogen-bond donors (Lipinski definition) is 2. The van der Waals surface area contributed by atoms with Gasteiger partial charge in [-0.3, -0.25) is 0 Å². The molecule has 1 aromatic heterocycles. The Bertz CT molecular complexity index is 821. The van der Waals surface area contributed by atoms with Crippen LogP contribution in [-0.2, 0) is 6.54 Å². The number of anilines is 2. The van der Waals surface area contributed by atoms with Crippen molar-refractivity contribution in [2.75, 3.05) is 36.4 Å². The summed E-state index contributed by atoms with van der Waals surface area (Å²) in [6.07, 6.45) is 1.83. The summed E-state index contributed by atoms with van der Waals surface area (Å²) in [5.41, 5.74) is 1.27. The molecule has 0 unspecified atom stereocenters. The lowest BCUT2D eigenvalue weighted by atomic mass is 10.0. The molecule has 24 heavy (non-hydrogen) atoms. The lowest BCUT2D eigenvalue weighted by Crippen LogP contribution is -2.44. The Morgan fingerprint density at radius 3 is 2.75 bits per heavy atom. The van der Waals surface area contributed by atoms with Crippen molar-refractivity contribution < 1.29 is 0 Å². The third-order valence-corrected chi connectivity index (χ3v) is 4.38. The van der Waals surface area contributed by atoms with Gasteiger partial charge in [-0.2, -0.15) is 4.98 Å². The van der Waals surface area contributed by atoms with E-state index in [1.165, 1.54) is 16.3 Å². The van der Waals surface area contributed by atoms with Crippen molar-refractivity contribution in [3.05, 3.63) is 60.3 Å². The van der Waals surface area contributed by atoms with E-state index in [1.54, 1.807) is 0 Å². The van der Waals surface area contributed by atoms with Crippen molar-refractivity contribution in [2.45, 2.75) is 6.54 Å². The zero-order chi connectivity index (χ0) is 16.2. The van der Waals surface area contributed by atoms with E-state index >= 15 is 0 Å². The van der Waals surface area contributed by atoms with E-state index in [4.69, 9.17) is 0 Å². The number of hydrogen-bond acceptors (Lipinski definition) is 5. The van der Waals surface area contributed by atoms with Crippen LogP contribution in [0.4, 0.5) is 11.8 Å². The van der Waals surface area contributed by atoms with Gasteiger partial charge >= 0.3 is 0 Å². The predicted molar refractivity (Wildman–Crippen MR) is 98.4 cm³/mol. The molecule has 2 N–H and O–H groups in total. The first-order chi connectivity index (χ1) is 11.9. The van der Waals surface area contributed by atoms with Crippen LogP contribution in [0.5, 0.6) is 0 Å². The Kier molecular flexibility index (Phi) is 4.25. The Morgan fingerprint density at radius 2 is 1.83 bits per heavy atom. The van der Waals surface area contributed by atoms with Gasteiger partial charge in [-0.25, -0.2) is 4.98 Å². The number of fused-ring (bicyclic) bond motifs is 1. The quantitative estimate of drug-likeness (QED) is 0.774. The van der Waals surface area contributed by atoms with Gasteiger partial charge in [-0.1, -0.05) is 42.5 Å². The summed E-state index contributed by atoms with van der Waals surface area (Å²) >= 11 is 0. The highest BCUT2D eigenvalue weighted by Gasteiger charge is 2.13. The van der Waals surface area contributed by atoms with E-state index in [0.717, 1.165) is 44.5 Å². The molecule has 4 rings (SSSR count). The second-order valence-electron chi connectivity index (χ2n) is 5.97. The van der Waals surface area contributed by atoms with Crippen LogP contribution in [0.3, 0.4) is 0 Å². The van der Waals surface area contributed by atoms with Crippen LogP contribution >= 0.6 is 0 Å². The minimum absolute atomic E-state index is 0.749. The van der Waals surface area contributed by atoms with Gasteiger partial charge in [-0.15, -0.1) is 0 Å². The van der Waals surface area contributed by atoms with Crippen molar-refractivity contribution in [1.29, 1.82) is 0 Å². The number of rotatable bonds is 4. The Hall–Kier alpha value is -2.66. The Balaban J connectivity index is 1.51. The van der Waals surface area contributed by atoms with E-state index in [9.17, 15) is 0 Å². The molecule has 0 saturated carbocycles. The van der Waals surface area contributed by atoms with Crippen molar-refractivity contribution >= 4 is 22.5 Å². The summed E-state index contributed by atoms with van der Waals surface area (Å²) in [4.78, 5) is 11.3. The molecule has 5 heteroatoms. The van der Waals surface area contributed by atoms with Gasteiger partial charge < -0.3 is 15.5 Å². The summed E-state index contributed by atoms with van der Waals surface area (Å²) in [5.74, 6) is 1.67. The van der Waals surface area contributed by atoms with E-state index in [2.05, 4.69) is 68.0 Å². The van der Waals surface area contributed by atoms with Crippen LogP contribution in [0.25, 0.3) is 10.8 Å². The van der Waals surface area contributed by atoms with Gasteiger partial charge in [0.2, 0.25) is 5.95 Å². The van der Waals surface area contributed by atoms with Crippen LogP contribution in [-0.4, -0.2) is 36.1 Å². The predicted octanol–water partition coefficient (Wildman–Crippen LogP) is 2.65. The maximum atomic E-state index is 4.67. The summed E-state index contributed by atoms with van der Waals surface area (Å²) < 4.78 is 0. The van der Waals surface area contributed by atoms with E-state index in [-0.39, 0.29) is 0 Å². The standard InChI is InChI=1S/C19H21N5/c1-2-7-17-15(4-1)5-3-6-16(17)14-22-18-8-9-21-19(23-18)24-12-10-20-11-13-24/h1-9,20H,10-14H2,(H,21,22,23). The van der Waals surface area contributed by atoms with Gasteiger partial charge in [-0.05, 0) is 22.4 Å². The van der Waals surface area contributed by atoms with Gasteiger partial charge in [0.25, 0.3) is 0 Å². The maximum absolute atomic E-state index is 4.67. The molecule has 5 nitrogen and oxygen atoms in total. The minimum atomic E-state index is 0.749. The zero-order valence-electron chi connectivity index (χ0n) is 13.6. The van der Waals surface area contributed by atoms with E-state index in [0.29, 0.717) is 0 Å². The smallest absolute Gasteiger partial charge is 0.227 e. The molecule has 0 aliphatic carbocycles. The second kappa shape index (κ2) is 6.84. The molecule has 3 aromatic rings. The molecular weight excluding hydrogens is 298 g/mol. The number of nitrogens with zero attached hydrogens (tertiary/aromatic N) is 3. The molecule has 0 atom stereocenters. The first kappa shape index (κ1) is 14.9. The van der Waals surface area contributed by atoms with Gasteiger partial charge in [0.1, 0.15) is 5.82 Å². The molecule has 2 heterocycles. The SMILES string of the molecule is c1ccc2c(CNc3ccnc(N4CCNCC4)n3)cccc2c1. The number of aromatic nitrogens is 2. The molecule has 1 aliphatic rings. The molecule has 1 aliphatic heterocycles. The molecule has 0 spiro atoms. The summed E-state index contributed by atoms with van der Waals surface area (Å²) in [6.45, 7) is 4.62. The fourth-order valence-corrected chi connectivity index (χ4v) is 3.10. The lowest BCUT2D eigenvalue weighted by Gasteiger charge is -2.27. The van der Waals surface area contributed by atoms with E-state index < -0.39 is 0 Å². The van der Waals surface area contributed by atoms with Gasteiger partial charge in [0.05, 0.1) is 0 Å². The monoisotopic (exact) mass is 319 g/mol. The number of piperazine rings is 1. The highest BCUT2D eigenvalue weighted by molar-refractivity contribution is 5.85. The highest BCUT2D eigenvalue weighted by Crippen LogP contribution is 2.20. The van der Waals surface area contributed by atoms with Crippen molar-refractivity contribution in [2.24, 2.45) is 0 Å². The molecule has 0 amide bonds. The maximum Gasteiger partial charge on any atom is 0.227 e. The average Bonchev–Trinajstić information content (AvgIpc) is 2.67. The van der Waals surface area contributed by atoms with Crippen LogP contribution in [0.1, 0.15) is 5.56 Å². The zero-order valence-corrected chi connectivity index (χ0v) is 13.6. The molecular formula is C19H21N5. The first-order valence-corrected chi connectivity index (χ1v) is 8.39. The first-order valence-electron chi connectivity index (χ1n) is 8.39. The van der Waals surface area contributed by atoms with Crippen LogP contribution < -0.4 is 15.5 Å². The van der Waals surface area contributed by atoms with Crippen LogP contribution in [0, 0.1) is 0 Å². The Morgan fingerprint density at radius 1 is 1.00 bits per heavy atom. The average molecular weight is 319 g/mol. The van der Waals surface area contributed by atoms with Gasteiger partial charge in [0, 0.05) is 38.9 Å². The van der Waals surface area contributed by atoms with Crippen molar-refractivity contribution in [3.8, 4) is 0 Å². The largest absolute Gasteiger partial charge is 0.366 e. The molecule has 1 saturated heterocycles. The number of benzene rings is 2. The summed E-state index contributed by atoms with van der Waals surface area (Å²) in [7, 11) is 0. The third-order valence-electron chi connectivity index (χ3n) is 4.38. The molecule has 122 valence electrons. The van der Waals surface area contributed by atoms with Crippen LogP contribution in [0.2, 0.25) is 0 Å². The fourth-order valence-electron chi connectivity index (χ4n) is 3.10. The third kappa shape index (κ3) is 3.16.